The predicted octanol–water partition coefficient (Wildman–Crippen LogP) is 4.53. The maximum Gasteiger partial charge on any atom is 0.288 e. The van der Waals surface area contributed by atoms with Crippen LogP contribution < -0.4 is 9.47 Å². The highest BCUT2D eigenvalue weighted by atomic mass is 32.1. The first-order chi connectivity index (χ1) is 13.1. The first-order valence-electron chi connectivity index (χ1n) is 8.70. The van der Waals surface area contributed by atoms with Crippen molar-refractivity contribution in [3.63, 3.8) is 0 Å². The zero-order valence-electron chi connectivity index (χ0n) is 15.5. The van der Waals surface area contributed by atoms with Gasteiger partial charge in [-0.3, -0.25) is 4.90 Å². The van der Waals surface area contributed by atoms with Gasteiger partial charge in [-0.25, -0.2) is 4.68 Å². The summed E-state index contributed by atoms with van der Waals surface area (Å²) >= 11 is 7.25. The number of aromatic nitrogens is 2. The molecule has 3 heterocycles. The van der Waals surface area contributed by atoms with Crippen LogP contribution in [0.3, 0.4) is 0 Å². The topological polar surface area (TPSA) is 52.7 Å². The molecule has 0 unspecified atom stereocenters. The van der Waals surface area contributed by atoms with Gasteiger partial charge < -0.3 is 13.9 Å². The van der Waals surface area contributed by atoms with Crippen molar-refractivity contribution in [1.29, 1.82) is 0 Å². The lowest BCUT2D eigenvalue weighted by Crippen LogP contribution is -2.35. The molecule has 2 aromatic heterocycles. The standard InChI is InChI=1S/C19H21N3O3S2/c1-12-16-5-7-27-17(16)4-6-21(12)11-22-19(26)25-18(20-22)13-8-14(23-2)10-15(9-13)24-3/h5,7-10,12H,4,6,11H2,1-3H3/t12-/m0/s1. The van der Waals surface area contributed by atoms with Crippen LogP contribution in [0.1, 0.15) is 23.4 Å². The van der Waals surface area contributed by atoms with Gasteiger partial charge in [-0.05, 0) is 54.7 Å². The number of methoxy groups -OCH3 is 2. The molecule has 4 rings (SSSR count). The van der Waals surface area contributed by atoms with Crippen LogP contribution in [-0.4, -0.2) is 35.4 Å². The Morgan fingerprint density at radius 1 is 1.26 bits per heavy atom. The summed E-state index contributed by atoms with van der Waals surface area (Å²) in [4.78, 5) is 4.20. The number of thiophene rings is 1. The minimum Gasteiger partial charge on any atom is -0.497 e. The summed E-state index contributed by atoms with van der Waals surface area (Å²) < 4.78 is 18.2. The van der Waals surface area contributed by atoms with E-state index in [0.717, 1.165) is 18.5 Å². The summed E-state index contributed by atoms with van der Waals surface area (Å²) in [7, 11) is 3.23. The first kappa shape index (κ1) is 18.2. The lowest BCUT2D eigenvalue weighted by molar-refractivity contribution is 0.142. The molecule has 1 aliphatic rings. The molecule has 0 saturated carbocycles. The average molecular weight is 404 g/mol. The fraction of sp³-hybridized carbons (Fsp3) is 0.368. The van der Waals surface area contributed by atoms with E-state index in [4.69, 9.17) is 26.1 Å². The average Bonchev–Trinajstić information content (AvgIpc) is 3.31. The Balaban J connectivity index is 1.60. The largest absolute Gasteiger partial charge is 0.497 e. The summed E-state index contributed by atoms with van der Waals surface area (Å²) in [5.74, 6) is 1.81. The van der Waals surface area contributed by atoms with Gasteiger partial charge in [0, 0.05) is 29.1 Å². The third kappa shape index (κ3) is 3.52. The van der Waals surface area contributed by atoms with Crippen molar-refractivity contribution in [2.45, 2.75) is 26.1 Å². The molecule has 0 N–H and O–H groups in total. The Bertz CT molecular complexity index is 986. The molecule has 142 valence electrons. The van der Waals surface area contributed by atoms with Gasteiger partial charge in [-0.1, -0.05) is 0 Å². The zero-order valence-corrected chi connectivity index (χ0v) is 17.1. The van der Waals surface area contributed by atoms with E-state index in [2.05, 4.69) is 28.4 Å². The van der Waals surface area contributed by atoms with Gasteiger partial charge in [0.15, 0.2) is 0 Å². The molecule has 0 spiro atoms. The number of hydrogen-bond donors (Lipinski definition) is 0. The van der Waals surface area contributed by atoms with Crippen molar-refractivity contribution < 1.29 is 13.9 Å². The number of rotatable bonds is 5. The van der Waals surface area contributed by atoms with Crippen molar-refractivity contribution >= 4 is 23.6 Å². The van der Waals surface area contributed by atoms with Gasteiger partial charge in [0.1, 0.15) is 11.5 Å². The van der Waals surface area contributed by atoms with E-state index in [1.54, 1.807) is 18.9 Å². The van der Waals surface area contributed by atoms with Crippen LogP contribution in [0.5, 0.6) is 11.5 Å². The van der Waals surface area contributed by atoms with Crippen LogP contribution in [0.2, 0.25) is 0 Å². The van der Waals surface area contributed by atoms with E-state index in [-0.39, 0.29) is 0 Å². The molecule has 8 heteroatoms. The fourth-order valence-electron chi connectivity index (χ4n) is 3.37. The summed E-state index contributed by atoms with van der Waals surface area (Å²) in [5.41, 5.74) is 2.17. The highest BCUT2D eigenvalue weighted by molar-refractivity contribution is 7.71. The predicted molar refractivity (Wildman–Crippen MR) is 107 cm³/mol. The van der Waals surface area contributed by atoms with E-state index < -0.39 is 0 Å². The molecule has 1 aromatic carbocycles. The number of benzene rings is 1. The number of hydrogen-bond acceptors (Lipinski definition) is 7. The Kier molecular flexibility index (Phi) is 5.03. The maximum absolute atomic E-state index is 5.76. The van der Waals surface area contributed by atoms with E-state index in [1.807, 2.05) is 29.5 Å². The summed E-state index contributed by atoms with van der Waals surface area (Å²) in [6.45, 7) is 3.80. The fourth-order valence-corrected chi connectivity index (χ4v) is 4.51. The SMILES string of the molecule is COc1cc(OC)cc(-c2nn(CN3CCc4sccc4[C@@H]3C)c(=S)o2)c1. The third-order valence-corrected chi connectivity index (χ3v) is 6.21. The van der Waals surface area contributed by atoms with E-state index >= 15 is 0 Å². The highest BCUT2D eigenvalue weighted by Crippen LogP contribution is 2.33. The Morgan fingerprint density at radius 3 is 2.70 bits per heavy atom. The van der Waals surface area contributed by atoms with Crippen LogP contribution in [0.25, 0.3) is 11.5 Å². The highest BCUT2D eigenvalue weighted by Gasteiger charge is 2.25. The molecule has 0 saturated heterocycles. The minimum atomic E-state index is 0.332. The van der Waals surface area contributed by atoms with Gasteiger partial charge in [-0.2, -0.15) is 0 Å². The van der Waals surface area contributed by atoms with Crippen molar-refractivity contribution in [3.8, 4) is 23.0 Å². The third-order valence-electron chi connectivity index (χ3n) is 4.92. The van der Waals surface area contributed by atoms with Gasteiger partial charge in [0.25, 0.3) is 4.84 Å². The van der Waals surface area contributed by atoms with Crippen LogP contribution in [-0.2, 0) is 13.1 Å². The normalized spacial score (nSPS) is 16.9. The quantitative estimate of drug-likeness (QED) is 0.584. The van der Waals surface area contributed by atoms with E-state index in [1.165, 1.54) is 10.4 Å². The number of fused-ring (bicyclic) bond motifs is 1. The monoisotopic (exact) mass is 403 g/mol. The molecule has 27 heavy (non-hydrogen) atoms. The van der Waals surface area contributed by atoms with Crippen LogP contribution in [0.15, 0.2) is 34.1 Å². The lowest BCUT2D eigenvalue weighted by Gasteiger charge is -2.32. The molecule has 1 aliphatic heterocycles. The van der Waals surface area contributed by atoms with Crippen molar-refractivity contribution in [1.82, 2.24) is 14.7 Å². The molecule has 0 amide bonds. The van der Waals surface area contributed by atoms with E-state index in [9.17, 15) is 0 Å². The van der Waals surface area contributed by atoms with E-state index in [0.29, 0.717) is 34.9 Å². The molecule has 6 nitrogen and oxygen atoms in total. The molecule has 1 atom stereocenters. The second-order valence-corrected chi connectivity index (χ2v) is 7.80. The van der Waals surface area contributed by atoms with Gasteiger partial charge in [0.05, 0.1) is 20.9 Å². The second kappa shape index (κ2) is 7.46. The Hall–Kier alpha value is -2.16. The Morgan fingerprint density at radius 2 is 2.00 bits per heavy atom. The zero-order chi connectivity index (χ0) is 19.0. The molecule has 3 aromatic rings. The molecule has 0 fully saturated rings. The molecular formula is C19H21N3O3S2. The molecule has 0 bridgehead atoms. The molecular weight excluding hydrogens is 382 g/mol. The van der Waals surface area contributed by atoms with Gasteiger partial charge >= 0.3 is 0 Å². The first-order valence-corrected chi connectivity index (χ1v) is 9.99. The van der Waals surface area contributed by atoms with Gasteiger partial charge in [-0.15, -0.1) is 16.4 Å². The van der Waals surface area contributed by atoms with Crippen LogP contribution in [0, 0.1) is 4.84 Å². The van der Waals surface area contributed by atoms with Crippen LogP contribution >= 0.6 is 23.6 Å². The number of nitrogens with zero attached hydrogens (tertiary/aromatic N) is 3. The summed E-state index contributed by atoms with van der Waals surface area (Å²) in [5, 5.41) is 6.77. The summed E-state index contributed by atoms with van der Waals surface area (Å²) in [6, 6.07) is 8.07. The molecule has 0 aliphatic carbocycles. The molecule has 0 radical (unpaired) electrons. The minimum absolute atomic E-state index is 0.332. The van der Waals surface area contributed by atoms with Gasteiger partial charge in [0.2, 0.25) is 5.89 Å². The maximum atomic E-state index is 5.76. The smallest absolute Gasteiger partial charge is 0.288 e. The second-order valence-electron chi connectivity index (χ2n) is 6.45. The van der Waals surface area contributed by atoms with Crippen molar-refractivity contribution in [2.24, 2.45) is 0 Å². The van der Waals surface area contributed by atoms with Crippen LogP contribution in [0.4, 0.5) is 0 Å². The lowest BCUT2D eigenvalue weighted by atomic mass is 10.0. The van der Waals surface area contributed by atoms with Crippen molar-refractivity contribution in [3.05, 3.63) is 44.9 Å². The number of ether oxygens (including phenoxy) is 2. The summed E-state index contributed by atoms with van der Waals surface area (Å²) in [6.07, 6.45) is 1.06. The van der Waals surface area contributed by atoms with Crippen molar-refractivity contribution in [2.75, 3.05) is 20.8 Å². The Labute approximate surface area is 166 Å².